The fourth-order valence-electron chi connectivity index (χ4n) is 3.09. The Morgan fingerprint density at radius 3 is 2.74 bits per heavy atom. The second-order valence-corrected chi connectivity index (χ2v) is 5.65. The zero-order valence-electron chi connectivity index (χ0n) is 12.0. The fourth-order valence-corrected chi connectivity index (χ4v) is 3.09. The first-order chi connectivity index (χ1) is 9.20. The van der Waals surface area contributed by atoms with Gasteiger partial charge in [-0.15, -0.1) is 6.04 Å². The number of nitrogens with zero attached hydrogens (tertiary/aromatic N) is 2. The summed E-state index contributed by atoms with van der Waals surface area (Å²) in [4.78, 5) is 2.37. The number of aliphatic hydroxyl groups is 1. The molecular weight excluding hydrogens is 236 g/mol. The van der Waals surface area contributed by atoms with Crippen LogP contribution in [0.2, 0.25) is 0 Å². The number of benzene rings is 1. The number of hydrogen-bond acceptors (Lipinski definition) is 2. The molecule has 19 heavy (non-hydrogen) atoms. The van der Waals surface area contributed by atoms with Crippen LogP contribution < -0.4 is 0 Å². The van der Waals surface area contributed by atoms with Gasteiger partial charge < -0.3 is 15.3 Å². The van der Waals surface area contributed by atoms with Crippen LogP contribution in [-0.4, -0.2) is 42.8 Å². The molecule has 1 aliphatic rings. The topological polar surface area (TPSA) is 37.6 Å². The molecule has 1 aromatic rings. The van der Waals surface area contributed by atoms with E-state index in [0.29, 0.717) is 5.92 Å². The molecule has 0 unspecified atom stereocenters. The molecule has 2 rings (SSSR count). The second-order valence-electron chi connectivity index (χ2n) is 5.65. The minimum atomic E-state index is -0.144. The molecule has 1 saturated heterocycles. The summed E-state index contributed by atoms with van der Waals surface area (Å²) in [5, 5.41) is 14.3. The summed E-state index contributed by atoms with van der Waals surface area (Å²) in [7, 11) is 1.90. The summed E-state index contributed by atoms with van der Waals surface area (Å²) in [6.45, 7) is 5.18. The van der Waals surface area contributed by atoms with Crippen LogP contribution in [0, 0.1) is 5.92 Å². The lowest BCUT2D eigenvalue weighted by Crippen LogP contribution is -2.41. The Balaban J connectivity index is 1.95. The van der Waals surface area contributed by atoms with E-state index in [4.69, 9.17) is 0 Å². The van der Waals surface area contributed by atoms with Crippen molar-refractivity contribution in [3.8, 4) is 0 Å². The molecule has 0 radical (unpaired) electrons. The monoisotopic (exact) mass is 261 g/mol. The average molecular weight is 261 g/mol. The number of rotatable bonds is 5. The van der Waals surface area contributed by atoms with Gasteiger partial charge in [0.05, 0.1) is 6.10 Å². The van der Waals surface area contributed by atoms with Gasteiger partial charge in [-0.05, 0) is 31.8 Å². The van der Waals surface area contributed by atoms with Crippen LogP contribution in [0.3, 0.4) is 0 Å². The van der Waals surface area contributed by atoms with Crippen LogP contribution in [-0.2, 0) is 0 Å². The molecule has 106 valence electrons. The summed E-state index contributed by atoms with van der Waals surface area (Å²) >= 11 is 0. The van der Waals surface area contributed by atoms with E-state index in [1.165, 1.54) is 5.56 Å². The van der Waals surface area contributed by atoms with Crippen molar-refractivity contribution in [1.82, 2.24) is 4.90 Å². The zero-order valence-corrected chi connectivity index (χ0v) is 12.0. The highest BCUT2D eigenvalue weighted by Crippen LogP contribution is 2.29. The summed E-state index contributed by atoms with van der Waals surface area (Å²) < 4.78 is 0. The Bertz CT molecular complexity index is 368. The molecule has 1 N–H and O–H groups in total. The smallest absolute Gasteiger partial charge is 0.0667 e. The van der Waals surface area contributed by atoms with Crippen LogP contribution in [0.4, 0.5) is 0 Å². The molecule has 0 aliphatic carbocycles. The van der Waals surface area contributed by atoms with Gasteiger partial charge in [0.15, 0.2) is 0 Å². The van der Waals surface area contributed by atoms with E-state index in [1.807, 2.05) is 13.1 Å². The Hall–Kier alpha value is -0.900. The third-order valence-electron chi connectivity index (χ3n) is 3.99. The van der Waals surface area contributed by atoms with E-state index in [9.17, 15) is 5.11 Å². The van der Waals surface area contributed by atoms with Crippen LogP contribution in [0.5, 0.6) is 0 Å². The molecule has 1 fully saturated rings. The van der Waals surface area contributed by atoms with E-state index in [0.717, 1.165) is 32.5 Å². The first-order valence-corrected chi connectivity index (χ1v) is 7.25. The third kappa shape index (κ3) is 4.03. The molecule has 3 atom stereocenters. The SMILES string of the molecule is C[N-][C@@H](c1ccccc1)[C@@H](C)CN1CCC[C@@H](O)C1. The maximum Gasteiger partial charge on any atom is 0.0667 e. The van der Waals surface area contributed by atoms with Crippen molar-refractivity contribution in [1.29, 1.82) is 0 Å². The predicted octanol–water partition coefficient (Wildman–Crippen LogP) is 2.82. The highest BCUT2D eigenvalue weighted by molar-refractivity contribution is 5.23. The fraction of sp³-hybridized carbons (Fsp3) is 0.625. The molecule has 0 saturated carbocycles. The van der Waals surface area contributed by atoms with Gasteiger partial charge >= 0.3 is 0 Å². The first kappa shape index (κ1) is 14.5. The van der Waals surface area contributed by atoms with Crippen molar-refractivity contribution in [2.24, 2.45) is 5.92 Å². The van der Waals surface area contributed by atoms with Gasteiger partial charge in [-0.25, -0.2) is 0 Å². The van der Waals surface area contributed by atoms with Crippen LogP contribution in [0.1, 0.15) is 31.4 Å². The quantitative estimate of drug-likeness (QED) is 0.885. The van der Waals surface area contributed by atoms with E-state index in [-0.39, 0.29) is 12.1 Å². The van der Waals surface area contributed by atoms with Gasteiger partial charge in [-0.1, -0.05) is 42.8 Å². The highest BCUT2D eigenvalue weighted by atomic mass is 16.3. The molecule has 3 nitrogen and oxygen atoms in total. The number of hydrogen-bond donors (Lipinski definition) is 1. The zero-order chi connectivity index (χ0) is 13.7. The van der Waals surface area contributed by atoms with Gasteiger partial charge in [-0.3, -0.25) is 0 Å². The minimum absolute atomic E-state index is 0.144. The summed E-state index contributed by atoms with van der Waals surface area (Å²) in [5.74, 6) is 0.470. The molecule has 0 spiro atoms. The second kappa shape index (κ2) is 7.04. The number of aliphatic hydroxyl groups excluding tert-OH is 1. The Morgan fingerprint density at radius 2 is 2.11 bits per heavy atom. The minimum Gasteiger partial charge on any atom is -0.658 e. The molecule has 1 aromatic carbocycles. The maximum absolute atomic E-state index is 9.74. The molecule has 1 aliphatic heterocycles. The Kier molecular flexibility index (Phi) is 5.37. The van der Waals surface area contributed by atoms with Crippen molar-refractivity contribution in [3.05, 3.63) is 41.2 Å². The van der Waals surface area contributed by atoms with Crippen LogP contribution in [0.25, 0.3) is 5.32 Å². The lowest BCUT2D eigenvalue weighted by molar-refractivity contribution is 0.0621. The Labute approximate surface area is 116 Å². The van der Waals surface area contributed by atoms with Crippen LogP contribution >= 0.6 is 0 Å². The van der Waals surface area contributed by atoms with Gasteiger partial charge in [0.1, 0.15) is 0 Å². The van der Waals surface area contributed by atoms with E-state index in [1.54, 1.807) is 0 Å². The standard InChI is InChI=1S/C16H25N2O/c1-13(11-18-10-6-9-15(19)12-18)16(17-2)14-7-4-3-5-8-14/h3-5,7-8,13,15-16,19H,6,9-12H2,1-2H3/q-1/t13-,15+,16+/m0/s1. The van der Waals surface area contributed by atoms with Crippen molar-refractivity contribution in [3.63, 3.8) is 0 Å². The van der Waals surface area contributed by atoms with E-state index >= 15 is 0 Å². The largest absolute Gasteiger partial charge is 0.658 e. The van der Waals surface area contributed by atoms with Crippen LogP contribution in [0.15, 0.2) is 30.3 Å². The number of likely N-dealkylation sites (tertiary alicyclic amines) is 1. The number of β-amino-alcohol motifs (C(OH)–C–C–N with tert-alkyl or cyclic N) is 1. The lowest BCUT2D eigenvalue weighted by atomic mass is 9.93. The highest BCUT2D eigenvalue weighted by Gasteiger charge is 2.20. The molecule has 0 aromatic heterocycles. The maximum atomic E-state index is 9.74. The van der Waals surface area contributed by atoms with E-state index in [2.05, 4.69) is 41.4 Å². The lowest BCUT2D eigenvalue weighted by Gasteiger charge is -2.39. The normalized spacial score (nSPS) is 24.1. The third-order valence-corrected chi connectivity index (χ3v) is 3.99. The van der Waals surface area contributed by atoms with Gasteiger partial charge in [-0.2, -0.15) is 7.05 Å². The molecular formula is C16H25N2O-. The average Bonchev–Trinajstić information content (AvgIpc) is 2.41. The van der Waals surface area contributed by atoms with Crippen molar-refractivity contribution in [2.45, 2.75) is 31.9 Å². The van der Waals surface area contributed by atoms with Crippen molar-refractivity contribution in [2.75, 3.05) is 26.7 Å². The van der Waals surface area contributed by atoms with Gasteiger partial charge in [0.25, 0.3) is 0 Å². The molecule has 0 amide bonds. The molecule has 0 bridgehead atoms. The summed E-state index contributed by atoms with van der Waals surface area (Å²) in [5.41, 5.74) is 1.29. The van der Waals surface area contributed by atoms with Crippen molar-refractivity contribution < 1.29 is 5.11 Å². The predicted molar refractivity (Wildman–Crippen MR) is 79.3 cm³/mol. The Morgan fingerprint density at radius 1 is 1.37 bits per heavy atom. The van der Waals surface area contributed by atoms with Crippen molar-refractivity contribution >= 4 is 0 Å². The van der Waals surface area contributed by atoms with Gasteiger partial charge in [0.2, 0.25) is 0 Å². The number of piperidine rings is 1. The summed E-state index contributed by atoms with van der Waals surface area (Å²) in [6.07, 6.45) is 1.91. The van der Waals surface area contributed by atoms with E-state index < -0.39 is 0 Å². The molecule has 3 heteroatoms. The van der Waals surface area contributed by atoms with Gasteiger partial charge in [0, 0.05) is 6.54 Å². The molecule has 1 heterocycles. The first-order valence-electron chi connectivity index (χ1n) is 7.25. The summed E-state index contributed by atoms with van der Waals surface area (Å²) in [6, 6.07) is 10.7.